The van der Waals surface area contributed by atoms with Gasteiger partial charge in [-0.25, -0.2) is 18.2 Å². The fourth-order valence-corrected chi connectivity index (χ4v) is 4.50. The molecule has 1 saturated heterocycles. The van der Waals surface area contributed by atoms with Gasteiger partial charge in [0.05, 0.1) is 17.9 Å². The number of para-hydroxylation sites is 1. The summed E-state index contributed by atoms with van der Waals surface area (Å²) in [6, 6.07) is 16.0. The third-order valence-electron chi connectivity index (χ3n) is 6.53. The highest BCUT2D eigenvalue weighted by Gasteiger charge is 2.37. The molecule has 2 aliphatic heterocycles. The lowest BCUT2D eigenvalue weighted by molar-refractivity contribution is -0.125. The molecule has 0 bridgehead atoms. The van der Waals surface area contributed by atoms with E-state index in [9.17, 15) is 27.2 Å². The van der Waals surface area contributed by atoms with Crippen molar-refractivity contribution in [3.8, 4) is 0 Å². The summed E-state index contributed by atoms with van der Waals surface area (Å²) >= 11 is 0. The monoisotopic (exact) mass is 558 g/mol. The number of rotatable bonds is 6. The van der Waals surface area contributed by atoms with Gasteiger partial charge in [0.1, 0.15) is 5.69 Å². The topological polar surface area (TPSA) is 98.7 Å². The van der Waals surface area contributed by atoms with Crippen LogP contribution in [0.25, 0.3) is 0 Å². The summed E-state index contributed by atoms with van der Waals surface area (Å²) in [6.07, 6.45) is -2.68. The Hall–Kier alpha value is -4.55. The number of alkyl halides is 2. The molecule has 0 saturated carbocycles. The van der Waals surface area contributed by atoms with Crippen LogP contribution in [0, 0.1) is 17.6 Å². The van der Waals surface area contributed by atoms with Gasteiger partial charge in [-0.3, -0.25) is 9.59 Å². The average Bonchev–Trinajstić information content (AvgIpc) is 3.07. The fraction of sp³-hybridized carbons (Fsp3) is 0.259. The molecule has 1 unspecified atom stereocenters. The number of amides is 2. The number of benzodiazepines with no additional fused rings is 1. The van der Waals surface area contributed by atoms with Gasteiger partial charge in [-0.05, 0) is 6.07 Å². The smallest absolute Gasteiger partial charge is 0.269 e. The largest absolute Gasteiger partial charge is 0.366 e. The van der Waals surface area contributed by atoms with Gasteiger partial charge in [0.2, 0.25) is 17.9 Å². The Labute approximate surface area is 225 Å². The van der Waals surface area contributed by atoms with Crippen molar-refractivity contribution in [2.45, 2.75) is 24.9 Å². The van der Waals surface area contributed by atoms with E-state index in [1.54, 1.807) is 48.5 Å². The Kier molecular flexibility index (Phi) is 7.37. The predicted molar refractivity (Wildman–Crippen MR) is 138 cm³/mol. The molecule has 2 aromatic carbocycles. The van der Waals surface area contributed by atoms with Gasteiger partial charge in [-0.1, -0.05) is 48.5 Å². The number of aliphatic imine (C=N–C) groups is 1. The van der Waals surface area contributed by atoms with Crippen LogP contribution in [0.2, 0.25) is 0 Å². The molecule has 40 heavy (non-hydrogen) atoms. The van der Waals surface area contributed by atoms with Crippen LogP contribution >= 0.6 is 0 Å². The van der Waals surface area contributed by atoms with E-state index in [2.05, 4.69) is 25.9 Å². The van der Waals surface area contributed by atoms with Gasteiger partial charge in [0, 0.05) is 37.1 Å². The van der Waals surface area contributed by atoms with E-state index in [-0.39, 0.29) is 0 Å². The highest BCUT2D eigenvalue weighted by Crippen LogP contribution is 2.35. The van der Waals surface area contributed by atoms with Crippen LogP contribution in [-0.4, -0.2) is 54.2 Å². The first-order chi connectivity index (χ1) is 19.1. The van der Waals surface area contributed by atoms with Crippen molar-refractivity contribution < 1.29 is 31.5 Å². The van der Waals surface area contributed by atoms with E-state index in [1.165, 1.54) is 0 Å². The van der Waals surface area contributed by atoms with Crippen LogP contribution in [0.5, 0.6) is 0 Å². The SMILES string of the molecule is O=C(CNc1nc(F)c(F)c(N2CCC(F)(F)CC2)c1F)NC1N=C(c2ccccc2)c2ccccc2NC1=O. The number of carbonyl (C=O) groups excluding carboxylic acids is 2. The average molecular weight is 559 g/mol. The molecule has 2 amide bonds. The lowest BCUT2D eigenvalue weighted by Gasteiger charge is -2.33. The molecule has 0 spiro atoms. The van der Waals surface area contributed by atoms with Crippen molar-refractivity contribution in [3.63, 3.8) is 0 Å². The lowest BCUT2D eigenvalue weighted by atomic mass is 10.0. The van der Waals surface area contributed by atoms with Gasteiger partial charge in [-0.2, -0.15) is 13.8 Å². The van der Waals surface area contributed by atoms with Gasteiger partial charge >= 0.3 is 0 Å². The number of hydrogen-bond acceptors (Lipinski definition) is 6. The lowest BCUT2D eigenvalue weighted by Crippen LogP contribution is -2.44. The first-order valence-electron chi connectivity index (χ1n) is 12.4. The molecule has 208 valence electrons. The van der Waals surface area contributed by atoms with Crippen LogP contribution in [0.15, 0.2) is 59.6 Å². The van der Waals surface area contributed by atoms with Crippen LogP contribution in [0.1, 0.15) is 24.0 Å². The molecule has 5 rings (SSSR count). The van der Waals surface area contributed by atoms with Crippen LogP contribution in [0.4, 0.5) is 39.1 Å². The molecule has 3 heterocycles. The molecule has 1 aromatic heterocycles. The summed E-state index contributed by atoms with van der Waals surface area (Å²) in [5.74, 6) is -9.83. The quantitative estimate of drug-likeness (QED) is 0.313. The van der Waals surface area contributed by atoms with Crippen LogP contribution in [0.3, 0.4) is 0 Å². The van der Waals surface area contributed by atoms with E-state index in [4.69, 9.17) is 0 Å². The van der Waals surface area contributed by atoms with E-state index in [1.807, 2.05) is 6.07 Å². The second-order valence-corrected chi connectivity index (χ2v) is 9.27. The van der Waals surface area contributed by atoms with Crippen molar-refractivity contribution >= 4 is 34.7 Å². The van der Waals surface area contributed by atoms with Gasteiger partial charge < -0.3 is 20.9 Å². The number of benzene rings is 2. The Bertz CT molecular complexity index is 1470. The Morgan fingerprint density at radius 1 is 1.00 bits per heavy atom. The minimum absolute atomic E-state index is 0.398. The van der Waals surface area contributed by atoms with Crippen LogP contribution < -0.4 is 20.9 Å². The number of aromatic nitrogens is 1. The number of halogens is 5. The van der Waals surface area contributed by atoms with Crippen molar-refractivity contribution in [1.29, 1.82) is 0 Å². The molecule has 13 heteroatoms. The molecule has 1 atom stereocenters. The molecule has 8 nitrogen and oxygen atoms in total. The van der Waals surface area contributed by atoms with Crippen molar-refractivity contribution in [2.75, 3.05) is 35.2 Å². The number of nitrogens with one attached hydrogen (secondary N) is 3. The summed E-state index contributed by atoms with van der Waals surface area (Å²) in [5, 5.41) is 7.44. The zero-order chi connectivity index (χ0) is 28.4. The molecule has 2 aliphatic rings. The highest BCUT2D eigenvalue weighted by atomic mass is 19.3. The summed E-state index contributed by atoms with van der Waals surface area (Å²) in [5.41, 5.74) is 1.41. The predicted octanol–water partition coefficient (Wildman–Crippen LogP) is 4.08. The van der Waals surface area contributed by atoms with E-state index in [0.29, 0.717) is 22.5 Å². The molecule has 3 N–H and O–H groups in total. The number of carbonyl (C=O) groups is 2. The van der Waals surface area contributed by atoms with E-state index < -0.39 is 85.5 Å². The van der Waals surface area contributed by atoms with Gasteiger partial charge in [0.15, 0.2) is 11.6 Å². The molecule has 3 aromatic rings. The number of anilines is 3. The third-order valence-corrected chi connectivity index (χ3v) is 6.53. The van der Waals surface area contributed by atoms with Gasteiger partial charge in [-0.15, -0.1) is 0 Å². The zero-order valence-electron chi connectivity index (χ0n) is 20.9. The maximum Gasteiger partial charge on any atom is 0.269 e. The number of piperidine rings is 1. The van der Waals surface area contributed by atoms with Crippen molar-refractivity contribution in [2.24, 2.45) is 4.99 Å². The minimum atomic E-state index is -2.98. The van der Waals surface area contributed by atoms with E-state index >= 15 is 4.39 Å². The summed E-state index contributed by atoms with van der Waals surface area (Å²) < 4.78 is 70.8. The Morgan fingerprint density at radius 2 is 1.68 bits per heavy atom. The number of pyridine rings is 1. The maximum absolute atomic E-state index is 15.1. The molecule has 0 aliphatic carbocycles. The highest BCUT2D eigenvalue weighted by molar-refractivity contribution is 6.19. The summed E-state index contributed by atoms with van der Waals surface area (Å²) in [7, 11) is 0. The first kappa shape index (κ1) is 27.0. The molecule has 1 fully saturated rings. The van der Waals surface area contributed by atoms with E-state index in [0.717, 1.165) is 4.90 Å². The number of hydrogen-bond donors (Lipinski definition) is 3. The van der Waals surface area contributed by atoms with Crippen LogP contribution in [-0.2, 0) is 9.59 Å². The normalized spacial score (nSPS) is 18.2. The summed E-state index contributed by atoms with van der Waals surface area (Å²) in [4.78, 5) is 34.3. The third kappa shape index (κ3) is 5.58. The fourth-order valence-electron chi connectivity index (χ4n) is 4.50. The minimum Gasteiger partial charge on any atom is -0.366 e. The van der Waals surface area contributed by atoms with Crippen molar-refractivity contribution in [3.05, 3.63) is 83.3 Å². The summed E-state index contributed by atoms with van der Waals surface area (Å²) in [6.45, 7) is -1.48. The second-order valence-electron chi connectivity index (χ2n) is 9.27. The number of fused-ring (bicyclic) bond motifs is 1. The maximum atomic E-state index is 15.1. The Balaban J connectivity index is 1.34. The number of nitrogens with zero attached hydrogens (tertiary/aromatic N) is 3. The van der Waals surface area contributed by atoms with Crippen molar-refractivity contribution in [1.82, 2.24) is 10.3 Å². The zero-order valence-corrected chi connectivity index (χ0v) is 20.9. The molecular formula is C27H23F5N6O2. The second kappa shape index (κ2) is 10.9. The standard InChI is InChI=1S/C27H23F5N6O2/c28-19-22(38-12-10-27(31,32)11-13-38)20(29)24(37-23(19)30)33-14-18(39)35-25-26(40)34-17-9-5-4-8-16(17)21(36-25)15-6-2-1-3-7-15/h1-9,25H,10-14H2,(H,33,37)(H,34,40)(H,35,39). The molecular weight excluding hydrogens is 535 g/mol. The Morgan fingerprint density at radius 3 is 2.40 bits per heavy atom. The first-order valence-corrected chi connectivity index (χ1v) is 12.4. The van der Waals surface area contributed by atoms with Gasteiger partial charge in [0.25, 0.3) is 17.8 Å². The molecule has 0 radical (unpaired) electrons.